The van der Waals surface area contributed by atoms with Gasteiger partial charge in [0, 0.05) is 5.92 Å². The predicted octanol–water partition coefficient (Wildman–Crippen LogP) is 2.79. The van der Waals surface area contributed by atoms with E-state index in [2.05, 4.69) is 5.32 Å². The van der Waals surface area contributed by atoms with Crippen molar-refractivity contribution in [2.45, 2.75) is 18.4 Å². The van der Waals surface area contributed by atoms with Crippen molar-refractivity contribution < 1.29 is 19.0 Å². The molecule has 2 aromatic carbocycles. The van der Waals surface area contributed by atoms with E-state index < -0.39 is 6.04 Å². The Hall–Kier alpha value is -2.40. The third-order valence-electron chi connectivity index (χ3n) is 4.44. The summed E-state index contributed by atoms with van der Waals surface area (Å²) in [7, 11) is 1.59. The van der Waals surface area contributed by atoms with Crippen molar-refractivity contribution in [3.63, 3.8) is 0 Å². The number of carbonyl (C=O) groups is 1. The minimum absolute atomic E-state index is 0.0841. The molecule has 1 aliphatic carbocycles. The highest BCUT2D eigenvalue weighted by Gasteiger charge is 2.44. The molecule has 2 aromatic rings. The quantitative estimate of drug-likeness (QED) is 0.857. The van der Waals surface area contributed by atoms with Gasteiger partial charge in [0.1, 0.15) is 11.6 Å². The van der Waals surface area contributed by atoms with Gasteiger partial charge < -0.3 is 15.2 Å². The first kappa shape index (κ1) is 16.5. The molecule has 0 aromatic heterocycles. The molecule has 1 saturated carbocycles. The zero-order valence-corrected chi connectivity index (χ0v) is 13.4. The van der Waals surface area contributed by atoms with E-state index in [1.54, 1.807) is 31.4 Å². The Kier molecular flexibility index (Phi) is 4.81. The Labute approximate surface area is 140 Å². The molecule has 0 unspecified atom stereocenters. The van der Waals surface area contributed by atoms with Crippen molar-refractivity contribution in [1.82, 2.24) is 5.32 Å². The first-order chi connectivity index (χ1) is 11.6. The highest BCUT2D eigenvalue weighted by atomic mass is 19.1. The van der Waals surface area contributed by atoms with E-state index in [4.69, 9.17) is 4.74 Å². The van der Waals surface area contributed by atoms with Gasteiger partial charge in [-0.3, -0.25) is 4.79 Å². The van der Waals surface area contributed by atoms with E-state index in [0.29, 0.717) is 0 Å². The van der Waals surface area contributed by atoms with Crippen LogP contribution in [0.3, 0.4) is 0 Å². The van der Waals surface area contributed by atoms with Gasteiger partial charge in [-0.05, 0) is 47.7 Å². The first-order valence-corrected chi connectivity index (χ1v) is 7.93. The van der Waals surface area contributed by atoms with Crippen LogP contribution in [-0.4, -0.2) is 24.7 Å². The third-order valence-corrected chi connectivity index (χ3v) is 4.44. The number of aliphatic hydroxyl groups excluding tert-OH is 1. The molecular weight excluding hydrogens is 309 g/mol. The molecule has 0 bridgehead atoms. The summed E-state index contributed by atoms with van der Waals surface area (Å²) in [5, 5.41) is 12.5. The molecule has 5 heteroatoms. The number of hydrogen-bond acceptors (Lipinski definition) is 3. The van der Waals surface area contributed by atoms with Gasteiger partial charge in [-0.25, -0.2) is 4.39 Å². The molecule has 0 heterocycles. The standard InChI is InChI=1S/C19H20FNO3/c1-24-15-8-4-13(5-9-15)18(11-22)21-19(23)17-10-16(17)12-2-6-14(20)7-3-12/h2-9,16-18,22H,10-11H2,1H3,(H,21,23)/t16-,17+,18+/m1/s1. The number of rotatable bonds is 6. The number of ether oxygens (including phenoxy) is 1. The number of halogens is 1. The van der Waals surface area contributed by atoms with Crippen LogP contribution in [-0.2, 0) is 4.79 Å². The number of nitrogens with one attached hydrogen (secondary N) is 1. The molecule has 3 rings (SSSR count). The Bertz CT molecular complexity index is 700. The van der Waals surface area contributed by atoms with E-state index in [1.165, 1.54) is 12.1 Å². The van der Waals surface area contributed by atoms with Crippen molar-refractivity contribution in [1.29, 1.82) is 0 Å². The topological polar surface area (TPSA) is 58.6 Å². The second-order valence-corrected chi connectivity index (χ2v) is 6.02. The van der Waals surface area contributed by atoms with Crippen LogP contribution in [0.2, 0.25) is 0 Å². The van der Waals surface area contributed by atoms with Crippen LogP contribution in [0.1, 0.15) is 29.5 Å². The zero-order chi connectivity index (χ0) is 17.1. The molecule has 0 radical (unpaired) electrons. The minimum Gasteiger partial charge on any atom is -0.497 e. The average molecular weight is 329 g/mol. The normalized spacial score (nSPS) is 20.3. The van der Waals surface area contributed by atoms with Crippen LogP contribution in [0.4, 0.5) is 4.39 Å². The molecular formula is C19H20FNO3. The second kappa shape index (κ2) is 7.01. The fourth-order valence-electron chi connectivity index (χ4n) is 2.91. The third kappa shape index (κ3) is 3.57. The zero-order valence-electron chi connectivity index (χ0n) is 13.4. The van der Waals surface area contributed by atoms with E-state index in [0.717, 1.165) is 23.3 Å². The van der Waals surface area contributed by atoms with Crippen LogP contribution >= 0.6 is 0 Å². The largest absolute Gasteiger partial charge is 0.497 e. The molecule has 4 nitrogen and oxygen atoms in total. The fourth-order valence-corrected chi connectivity index (χ4v) is 2.91. The van der Waals surface area contributed by atoms with Crippen molar-refractivity contribution in [2.75, 3.05) is 13.7 Å². The highest BCUT2D eigenvalue weighted by Crippen LogP contribution is 2.47. The minimum atomic E-state index is -0.446. The summed E-state index contributed by atoms with van der Waals surface area (Å²) in [5.41, 5.74) is 1.80. The Balaban J connectivity index is 1.62. The first-order valence-electron chi connectivity index (χ1n) is 7.93. The summed E-state index contributed by atoms with van der Waals surface area (Å²) in [6.07, 6.45) is 0.748. The number of methoxy groups -OCH3 is 1. The van der Waals surface area contributed by atoms with Crippen molar-refractivity contribution in [3.05, 3.63) is 65.5 Å². The molecule has 1 aliphatic rings. The van der Waals surface area contributed by atoms with Crippen LogP contribution in [0.5, 0.6) is 5.75 Å². The van der Waals surface area contributed by atoms with Gasteiger partial charge in [-0.1, -0.05) is 24.3 Å². The summed E-state index contributed by atoms with van der Waals surface area (Å²) in [6.45, 7) is -0.175. The SMILES string of the molecule is COc1ccc([C@H](CO)NC(=O)[C@H]2C[C@@H]2c2ccc(F)cc2)cc1. The number of aliphatic hydroxyl groups is 1. The maximum Gasteiger partial charge on any atom is 0.224 e. The Morgan fingerprint density at radius 3 is 2.50 bits per heavy atom. The molecule has 126 valence electrons. The number of benzene rings is 2. The summed E-state index contributed by atoms with van der Waals surface area (Å²) < 4.78 is 18.1. The van der Waals surface area contributed by atoms with Gasteiger partial charge in [0.05, 0.1) is 19.8 Å². The molecule has 1 fully saturated rings. The average Bonchev–Trinajstić information content (AvgIpc) is 3.41. The van der Waals surface area contributed by atoms with E-state index >= 15 is 0 Å². The molecule has 24 heavy (non-hydrogen) atoms. The van der Waals surface area contributed by atoms with Crippen LogP contribution in [0.15, 0.2) is 48.5 Å². The van der Waals surface area contributed by atoms with Crippen LogP contribution in [0, 0.1) is 11.7 Å². The van der Waals surface area contributed by atoms with Gasteiger partial charge in [0.25, 0.3) is 0 Å². The molecule has 2 N–H and O–H groups in total. The monoisotopic (exact) mass is 329 g/mol. The maximum absolute atomic E-state index is 13.0. The van der Waals surface area contributed by atoms with Crippen LogP contribution in [0.25, 0.3) is 0 Å². The van der Waals surface area contributed by atoms with Crippen molar-refractivity contribution >= 4 is 5.91 Å². The van der Waals surface area contributed by atoms with Crippen LogP contribution < -0.4 is 10.1 Å². The van der Waals surface area contributed by atoms with E-state index in [-0.39, 0.29) is 30.2 Å². The molecule has 0 spiro atoms. The number of amides is 1. The second-order valence-electron chi connectivity index (χ2n) is 6.02. The van der Waals surface area contributed by atoms with E-state index in [9.17, 15) is 14.3 Å². The van der Waals surface area contributed by atoms with Gasteiger partial charge >= 0.3 is 0 Å². The summed E-state index contributed by atoms with van der Waals surface area (Å²) in [5.74, 6) is 0.364. The number of carbonyl (C=O) groups excluding carboxylic acids is 1. The lowest BCUT2D eigenvalue weighted by Crippen LogP contribution is -2.32. The fraction of sp³-hybridized carbons (Fsp3) is 0.316. The van der Waals surface area contributed by atoms with Gasteiger partial charge in [0.2, 0.25) is 5.91 Å². The lowest BCUT2D eigenvalue weighted by Gasteiger charge is -2.17. The smallest absolute Gasteiger partial charge is 0.224 e. The lowest BCUT2D eigenvalue weighted by molar-refractivity contribution is -0.123. The van der Waals surface area contributed by atoms with Crippen molar-refractivity contribution in [3.8, 4) is 5.75 Å². The molecule has 0 aliphatic heterocycles. The number of hydrogen-bond donors (Lipinski definition) is 2. The predicted molar refractivity (Wildman–Crippen MR) is 88.2 cm³/mol. The van der Waals surface area contributed by atoms with Gasteiger partial charge in [0.15, 0.2) is 0 Å². The summed E-state index contributed by atoms with van der Waals surface area (Å²) in [6, 6.07) is 13.1. The summed E-state index contributed by atoms with van der Waals surface area (Å²) in [4.78, 5) is 12.4. The molecule has 3 atom stereocenters. The summed E-state index contributed by atoms with van der Waals surface area (Å²) >= 11 is 0. The Morgan fingerprint density at radius 2 is 1.92 bits per heavy atom. The van der Waals surface area contributed by atoms with Gasteiger partial charge in [-0.2, -0.15) is 0 Å². The van der Waals surface area contributed by atoms with Crippen molar-refractivity contribution in [2.24, 2.45) is 5.92 Å². The molecule has 0 saturated heterocycles. The molecule has 1 amide bonds. The highest BCUT2D eigenvalue weighted by molar-refractivity contribution is 5.83. The maximum atomic E-state index is 13.0. The van der Waals surface area contributed by atoms with Gasteiger partial charge in [-0.15, -0.1) is 0 Å². The lowest BCUT2D eigenvalue weighted by atomic mass is 10.1. The van der Waals surface area contributed by atoms with E-state index in [1.807, 2.05) is 12.1 Å². The Morgan fingerprint density at radius 1 is 1.25 bits per heavy atom.